The number of amides is 1. The predicted octanol–water partition coefficient (Wildman–Crippen LogP) is 2.91. The van der Waals surface area contributed by atoms with Crippen LogP contribution < -0.4 is 5.32 Å². The Hall–Kier alpha value is -3.48. The molecule has 1 amide bonds. The molecule has 1 aliphatic rings. The molecule has 1 saturated carbocycles. The molecule has 4 rings (SSSR count). The highest BCUT2D eigenvalue weighted by Gasteiger charge is 2.42. The van der Waals surface area contributed by atoms with Gasteiger partial charge in [-0.25, -0.2) is 15.0 Å². The van der Waals surface area contributed by atoms with Crippen LogP contribution in [0, 0.1) is 17.2 Å². The van der Waals surface area contributed by atoms with Gasteiger partial charge in [0.15, 0.2) is 0 Å². The number of halogens is 2. The van der Waals surface area contributed by atoms with Gasteiger partial charge in [-0.15, -0.1) is 0 Å². The molecule has 2 unspecified atom stereocenters. The predicted molar refractivity (Wildman–Crippen MR) is 94.8 cm³/mol. The van der Waals surface area contributed by atoms with Gasteiger partial charge >= 0.3 is 0 Å². The van der Waals surface area contributed by atoms with Gasteiger partial charge in [-0.05, 0) is 12.5 Å². The Kier molecular flexibility index (Phi) is 4.03. The van der Waals surface area contributed by atoms with Gasteiger partial charge in [0.1, 0.15) is 11.5 Å². The molecule has 28 heavy (non-hydrogen) atoms. The Labute approximate surface area is 158 Å². The lowest BCUT2D eigenvalue weighted by molar-refractivity contribution is -0.114. The maximum atomic E-state index is 13.7. The second-order valence-corrected chi connectivity index (χ2v) is 6.77. The molecule has 2 atom stereocenters. The number of nitrogens with zero attached hydrogens (tertiary/aromatic N) is 6. The summed E-state index contributed by atoms with van der Waals surface area (Å²) in [6, 6.07) is 4.94. The summed E-state index contributed by atoms with van der Waals surface area (Å²) in [4.78, 5) is 23.6. The molecule has 1 fully saturated rings. The maximum absolute atomic E-state index is 13.7. The Morgan fingerprint density at radius 3 is 2.86 bits per heavy atom. The van der Waals surface area contributed by atoms with Crippen LogP contribution in [0.15, 0.2) is 24.5 Å². The molecule has 1 aliphatic carbocycles. The Morgan fingerprint density at radius 1 is 1.43 bits per heavy atom. The first kappa shape index (κ1) is 17.9. The topological polar surface area (TPSA) is 109 Å². The lowest BCUT2D eigenvalue weighted by Gasteiger charge is -2.10. The first-order valence-electron chi connectivity index (χ1n) is 8.55. The molecule has 0 saturated heterocycles. The van der Waals surface area contributed by atoms with Gasteiger partial charge in [0, 0.05) is 43.6 Å². The second-order valence-electron chi connectivity index (χ2n) is 6.77. The summed E-state index contributed by atoms with van der Waals surface area (Å²) in [7, 11) is 0. The van der Waals surface area contributed by atoms with E-state index in [2.05, 4.69) is 31.4 Å². The number of rotatable bonds is 4. The van der Waals surface area contributed by atoms with Gasteiger partial charge in [-0.2, -0.15) is 23.8 Å². The number of hydrogen-bond acceptors (Lipinski definition) is 6. The van der Waals surface area contributed by atoms with Crippen LogP contribution in [-0.2, 0) is 10.7 Å². The van der Waals surface area contributed by atoms with Crippen LogP contribution in [-0.4, -0.2) is 30.6 Å². The molecule has 10 heteroatoms. The fourth-order valence-electron chi connectivity index (χ4n) is 3.04. The quantitative estimate of drug-likeness (QED) is 0.742. The summed E-state index contributed by atoms with van der Waals surface area (Å²) in [6.45, 7) is 2.11. The largest absolute Gasteiger partial charge is 0.311 e. The molecule has 0 bridgehead atoms. The van der Waals surface area contributed by atoms with Crippen LogP contribution in [0.4, 0.5) is 14.6 Å². The number of nitrogens with one attached hydrogen (secondary N) is 1. The number of carbonyl (C=O) groups excluding carboxylic acids is 1. The molecule has 3 aromatic rings. The van der Waals surface area contributed by atoms with E-state index in [1.54, 1.807) is 12.3 Å². The van der Waals surface area contributed by atoms with Gasteiger partial charge in [0.05, 0.1) is 23.2 Å². The standard InChI is InChI=1S/C18H15F2N7O/c1-9(28)24-15-6-13-12(8-23-15)16(11-5-10(11)7-21)26-27(13)17-22-4-3-14(25-17)18(2,19)20/h3-4,6,8,10-11H,5H2,1-2H3,(H,23,24,28). The van der Waals surface area contributed by atoms with Crippen molar-refractivity contribution >= 4 is 22.6 Å². The highest BCUT2D eigenvalue weighted by Crippen LogP contribution is 2.48. The van der Waals surface area contributed by atoms with Crippen molar-refractivity contribution < 1.29 is 13.6 Å². The van der Waals surface area contributed by atoms with Crippen molar-refractivity contribution in [1.82, 2.24) is 24.7 Å². The highest BCUT2D eigenvalue weighted by molar-refractivity contribution is 5.91. The molecule has 142 valence electrons. The van der Waals surface area contributed by atoms with E-state index < -0.39 is 11.6 Å². The number of anilines is 1. The summed E-state index contributed by atoms with van der Waals surface area (Å²) in [5.74, 6) is -3.36. The zero-order valence-corrected chi connectivity index (χ0v) is 15.0. The molecule has 3 aromatic heterocycles. The van der Waals surface area contributed by atoms with Gasteiger partial charge < -0.3 is 5.32 Å². The Bertz CT molecular complexity index is 1130. The van der Waals surface area contributed by atoms with Crippen molar-refractivity contribution in [2.75, 3.05) is 5.32 Å². The fraction of sp³-hybridized carbons (Fsp3) is 0.333. The van der Waals surface area contributed by atoms with E-state index in [-0.39, 0.29) is 29.5 Å². The third kappa shape index (κ3) is 3.15. The van der Waals surface area contributed by atoms with Gasteiger partial charge in [0.25, 0.3) is 11.9 Å². The van der Waals surface area contributed by atoms with Crippen LogP contribution in [0.1, 0.15) is 37.6 Å². The summed E-state index contributed by atoms with van der Waals surface area (Å²) < 4.78 is 28.7. The van der Waals surface area contributed by atoms with Crippen LogP contribution >= 0.6 is 0 Å². The first-order valence-corrected chi connectivity index (χ1v) is 8.55. The molecule has 8 nitrogen and oxygen atoms in total. The molecule has 0 spiro atoms. The average Bonchev–Trinajstić information content (AvgIpc) is 3.33. The van der Waals surface area contributed by atoms with Gasteiger partial charge in [-0.1, -0.05) is 0 Å². The lowest BCUT2D eigenvalue weighted by atomic mass is 10.1. The number of fused-ring (bicyclic) bond motifs is 1. The van der Waals surface area contributed by atoms with E-state index in [9.17, 15) is 13.6 Å². The Morgan fingerprint density at radius 2 is 2.21 bits per heavy atom. The number of nitriles is 1. The SMILES string of the molecule is CC(=O)Nc1cc2c(cn1)c(C1CC1C#N)nn2-c1nccc(C(C)(F)F)n1. The Balaban J connectivity index is 1.89. The van der Waals surface area contributed by atoms with Crippen LogP contribution in [0.5, 0.6) is 0 Å². The van der Waals surface area contributed by atoms with Crippen molar-refractivity contribution in [2.24, 2.45) is 5.92 Å². The lowest BCUT2D eigenvalue weighted by Crippen LogP contribution is -2.13. The number of alkyl halides is 2. The normalized spacial score (nSPS) is 18.7. The first-order chi connectivity index (χ1) is 13.3. The van der Waals surface area contributed by atoms with Crippen molar-refractivity contribution in [2.45, 2.75) is 32.1 Å². The zero-order chi connectivity index (χ0) is 20.1. The van der Waals surface area contributed by atoms with E-state index in [0.29, 0.717) is 23.0 Å². The van der Waals surface area contributed by atoms with Crippen molar-refractivity contribution in [3.8, 4) is 12.0 Å². The van der Waals surface area contributed by atoms with E-state index in [4.69, 9.17) is 5.26 Å². The van der Waals surface area contributed by atoms with E-state index in [0.717, 1.165) is 13.0 Å². The number of hydrogen-bond donors (Lipinski definition) is 1. The van der Waals surface area contributed by atoms with Gasteiger partial charge in [-0.3, -0.25) is 4.79 Å². The second kappa shape index (κ2) is 6.30. The van der Waals surface area contributed by atoms with E-state index >= 15 is 0 Å². The fourth-order valence-corrected chi connectivity index (χ4v) is 3.04. The summed E-state index contributed by atoms with van der Waals surface area (Å²) in [6.07, 6.45) is 3.46. The summed E-state index contributed by atoms with van der Waals surface area (Å²) in [5, 5.41) is 16.9. The van der Waals surface area contributed by atoms with Crippen molar-refractivity contribution in [1.29, 1.82) is 5.26 Å². The average molecular weight is 383 g/mol. The van der Waals surface area contributed by atoms with Crippen LogP contribution in [0.25, 0.3) is 16.9 Å². The maximum Gasteiger partial charge on any atom is 0.287 e. The molecule has 3 heterocycles. The number of carbonyl (C=O) groups is 1. The summed E-state index contributed by atoms with van der Waals surface area (Å²) in [5.41, 5.74) is 0.717. The summed E-state index contributed by atoms with van der Waals surface area (Å²) >= 11 is 0. The third-order valence-electron chi connectivity index (χ3n) is 4.49. The van der Waals surface area contributed by atoms with Crippen LogP contribution in [0.3, 0.4) is 0 Å². The van der Waals surface area contributed by atoms with Gasteiger partial charge in [0.2, 0.25) is 5.91 Å². The van der Waals surface area contributed by atoms with Crippen molar-refractivity contribution in [3.05, 3.63) is 35.9 Å². The zero-order valence-electron chi connectivity index (χ0n) is 15.0. The number of aromatic nitrogens is 5. The third-order valence-corrected chi connectivity index (χ3v) is 4.49. The molecular weight excluding hydrogens is 368 g/mol. The molecular formula is C18H15F2N7O. The van der Waals surface area contributed by atoms with E-state index in [1.165, 1.54) is 17.8 Å². The molecule has 0 aromatic carbocycles. The minimum absolute atomic E-state index is 0.0237. The minimum Gasteiger partial charge on any atom is -0.311 e. The minimum atomic E-state index is -3.13. The molecule has 0 radical (unpaired) electrons. The number of pyridine rings is 1. The van der Waals surface area contributed by atoms with Crippen molar-refractivity contribution in [3.63, 3.8) is 0 Å². The van der Waals surface area contributed by atoms with Crippen LogP contribution in [0.2, 0.25) is 0 Å². The smallest absolute Gasteiger partial charge is 0.287 e. The molecule has 0 aliphatic heterocycles. The highest BCUT2D eigenvalue weighted by atomic mass is 19.3. The monoisotopic (exact) mass is 383 g/mol. The molecule has 1 N–H and O–H groups in total. The van der Waals surface area contributed by atoms with E-state index in [1.807, 2.05) is 0 Å².